The van der Waals surface area contributed by atoms with E-state index in [0.29, 0.717) is 40.7 Å². The zero-order valence-electron chi connectivity index (χ0n) is 20.3. The fourth-order valence-electron chi connectivity index (χ4n) is 3.99. The molecule has 0 aliphatic carbocycles. The summed E-state index contributed by atoms with van der Waals surface area (Å²) in [5, 5.41) is 4.61. The van der Waals surface area contributed by atoms with Gasteiger partial charge in [0.15, 0.2) is 11.5 Å². The van der Waals surface area contributed by atoms with Gasteiger partial charge in [0, 0.05) is 18.1 Å². The number of sulfonamides is 1. The fourth-order valence-corrected chi connectivity index (χ4v) is 5.42. The van der Waals surface area contributed by atoms with Gasteiger partial charge in [0.05, 0.1) is 45.1 Å². The second kappa shape index (κ2) is 9.87. The van der Waals surface area contributed by atoms with Crippen LogP contribution < -0.4 is 18.9 Å². The van der Waals surface area contributed by atoms with E-state index in [2.05, 4.69) is 5.10 Å². The van der Waals surface area contributed by atoms with E-state index in [4.69, 9.17) is 18.9 Å². The first-order chi connectivity index (χ1) is 16.8. The molecule has 0 bridgehead atoms. The van der Waals surface area contributed by atoms with Crippen LogP contribution in [-0.2, 0) is 10.0 Å². The van der Waals surface area contributed by atoms with Crippen molar-refractivity contribution in [1.82, 2.24) is 4.41 Å². The largest absolute Gasteiger partial charge is 0.497 e. The summed E-state index contributed by atoms with van der Waals surface area (Å²) in [5.41, 5.74) is 3.01. The van der Waals surface area contributed by atoms with Gasteiger partial charge in [0.1, 0.15) is 11.5 Å². The molecular weight excluding hydrogens is 468 g/mol. The smallest absolute Gasteiger partial charge is 0.279 e. The fraction of sp³-hybridized carbons (Fsp3) is 0.269. The molecule has 3 aromatic carbocycles. The first kappa shape index (κ1) is 24.4. The molecule has 0 saturated carbocycles. The summed E-state index contributed by atoms with van der Waals surface area (Å²) in [6.45, 7) is 1.91. The van der Waals surface area contributed by atoms with Crippen LogP contribution in [0.15, 0.2) is 70.7 Å². The van der Waals surface area contributed by atoms with Gasteiger partial charge in [-0.2, -0.15) is 17.9 Å². The Kier molecular flexibility index (Phi) is 6.88. The van der Waals surface area contributed by atoms with E-state index in [1.165, 1.54) is 4.41 Å². The average molecular weight is 497 g/mol. The average Bonchev–Trinajstić information content (AvgIpc) is 3.34. The molecule has 0 aromatic heterocycles. The van der Waals surface area contributed by atoms with Crippen molar-refractivity contribution >= 4 is 15.7 Å². The molecule has 0 N–H and O–H groups in total. The molecule has 1 unspecified atom stereocenters. The number of aryl methyl sites for hydroxylation is 1. The van der Waals surface area contributed by atoms with E-state index in [0.717, 1.165) is 11.1 Å². The summed E-state index contributed by atoms with van der Waals surface area (Å²) >= 11 is 0. The number of methoxy groups -OCH3 is 4. The molecule has 1 atom stereocenters. The minimum absolute atomic E-state index is 0.168. The zero-order chi connectivity index (χ0) is 25.2. The maximum absolute atomic E-state index is 13.7. The van der Waals surface area contributed by atoms with Gasteiger partial charge in [0.25, 0.3) is 10.0 Å². The highest BCUT2D eigenvalue weighted by atomic mass is 32.2. The van der Waals surface area contributed by atoms with E-state index in [9.17, 15) is 8.42 Å². The molecule has 35 heavy (non-hydrogen) atoms. The van der Waals surface area contributed by atoms with Crippen LogP contribution in [0.25, 0.3) is 0 Å². The van der Waals surface area contributed by atoms with E-state index in [1.54, 1.807) is 70.9 Å². The Bertz CT molecular complexity index is 1330. The van der Waals surface area contributed by atoms with Gasteiger partial charge in [-0.3, -0.25) is 0 Å². The lowest BCUT2D eigenvalue weighted by molar-refractivity contribution is 0.348. The molecule has 184 valence electrons. The molecule has 1 aliphatic rings. The third-order valence-corrected chi connectivity index (χ3v) is 7.61. The highest BCUT2D eigenvalue weighted by Gasteiger charge is 2.38. The van der Waals surface area contributed by atoms with E-state index in [1.807, 2.05) is 25.1 Å². The van der Waals surface area contributed by atoms with Crippen molar-refractivity contribution in [3.63, 3.8) is 0 Å². The Balaban J connectivity index is 1.84. The minimum Gasteiger partial charge on any atom is -0.497 e. The molecule has 0 fully saturated rings. The monoisotopic (exact) mass is 496 g/mol. The maximum atomic E-state index is 13.7. The highest BCUT2D eigenvalue weighted by Crippen LogP contribution is 2.40. The van der Waals surface area contributed by atoms with Crippen LogP contribution in [0.4, 0.5) is 0 Å². The van der Waals surface area contributed by atoms with Gasteiger partial charge in [-0.1, -0.05) is 23.8 Å². The molecule has 1 heterocycles. The van der Waals surface area contributed by atoms with Gasteiger partial charge in [-0.05, 0) is 48.9 Å². The van der Waals surface area contributed by atoms with Crippen molar-refractivity contribution in [2.24, 2.45) is 5.10 Å². The molecular formula is C26H28N2O6S. The number of ether oxygens (including phenoxy) is 4. The summed E-state index contributed by atoms with van der Waals surface area (Å²) in [6, 6.07) is 16.9. The Morgan fingerprint density at radius 1 is 0.800 bits per heavy atom. The van der Waals surface area contributed by atoms with Crippen LogP contribution in [0.3, 0.4) is 0 Å². The number of hydrazone groups is 1. The van der Waals surface area contributed by atoms with E-state index in [-0.39, 0.29) is 4.90 Å². The maximum Gasteiger partial charge on any atom is 0.279 e. The van der Waals surface area contributed by atoms with E-state index < -0.39 is 16.1 Å². The van der Waals surface area contributed by atoms with Crippen molar-refractivity contribution in [2.75, 3.05) is 28.4 Å². The number of hydrogen-bond acceptors (Lipinski definition) is 7. The van der Waals surface area contributed by atoms with Crippen LogP contribution >= 0.6 is 0 Å². The van der Waals surface area contributed by atoms with Crippen molar-refractivity contribution in [3.05, 3.63) is 77.4 Å². The quantitative estimate of drug-likeness (QED) is 0.454. The number of nitrogens with zero attached hydrogens (tertiary/aromatic N) is 2. The van der Waals surface area contributed by atoms with Gasteiger partial charge >= 0.3 is 0 Å². The Labute approximate surface area is 205 Å². The third kappa shape index (κ3) is 4.77. The zero-order valence-corrected chi connectivity index (χ0v) is 21.1. The predicted octanol–water partition coefficient (Wildman–Crippen LogP) is 4.57. The number of benzene rings is 3. The highest BCUT2D eigenvalue weighted by molar-refractivity contribution is 7.89. The molecule has 0 amide bonds. The molecule has 9 heteroatoms. The molecule has 8 nitrogen and oxygen atoms in total. The minimum atomic E-state index is -3.95. The van der Waals surface area contributed by atoms with Crippen molar-refractivity contribution in [1.29, 1.82) is 0 Å². The topological polar surface area (TPSA) is 86.7 Å². The molecule has 1 aliphatic heterocycles. The van der Waals surface area contributed by atoms with E-state index >= 15 is 0 Å². The first-order valence-electron chi connectivity index (χ1n) is 10.9. The predicted molar refractivity (Wildman–Crippen MR) is 133 cm³/mol. The molecule has 0 saturated heterocycles. The van der Waals surface area contributed by atoms with Crippen molar-refractivity contribution in [3.8, 4) is 23.0 Å². The van der Waals surface area contributed by atoms with Crippen LogP contribution in [0.2, 0.25) is 0 Å². The lowest BCUT2D eigenvalue weighted by Gasteiger charge is -2.24. The standard InChI is InChI=1S/C26H28N2O6S/c1-17-6-9-22(10-7-17)35(29,30)28-24(18-8-11-25(33-4)26(14-18)34-5)16-23(27-28)19-12-20(31-2)15-21(13-19)32-3/h6-15,24H,16H2,1-5H3. The summed E-state index contributed by atoms with van der Waals surface area (Å²) in [5.74, 6) is 2.24. The van der Waals surface area contributed by atoms with Crippen molar-refractivity contribution in [2.45, 2.75) is 24.3 Å². The van der Waals surface area contributed by atoms with Crippen LogP contribution in [0.5, 0.6) is 23.0 Å². The Hall–Kier alpha value is -3.72. The van der Waals surface area contributed by atoms with Crippen LogP contribution in [-0.4, -0.2) is 47.0 Å². The first-order valence-corrected chi connectivity index (χ1v) is 12.4. The summed E-state index contributed by atoms with van der Waals surface area (Å²) in [4.78, 5) is 0.168. The Morgan fingerprint density at radius 3 is 2.00 bits per heavy atom. The summed E-state index contributed by atoms with van der Waals surface area (Å²) in [6.07, 6.45) is 0.344. The van der Waals surface area contributed by atoms with Gasteiger partial charge < -0.3 is 18.9 Å². The molecule has 0 spiro atoms. The summed E-state index contributed by atoms with van der Waals surface area (Å²) in [7, 11) is 2.28. The lowest BCUT2D eigenvalue weighted by atomic mass is 9.98. The Morgan fingerprint density at radius 2 is 1.43 bits per heavy atom. The summed E-state index contributed by atoms with van der Waals surface area (Å²) < 4.78 is 50.3. The second-order valence-electron chi connectivity index (χ2n) is 8.07. The molecule has 3 aromatic rings. The van der Waals surface area contributed by atoms with Crippen LogP contribution in [0, 0.1) is 6.92 Å². The lowest BCUT2D eigenvalue weighted by Crippen LogP contribution is -2.27. The van der Waals surface area contributed by atoms with Gasteiger partial charge in [-0.15, -0.1) is 0 Å². The molecule has 0 radical (unpaired) electrons. The molecule has 4 rings (SSSR count). The number of rotatable bonds is 8. The SMILES string of the molecule is COc1cc(OC)cc(C2=NN(S(=O)(=O)c3ccc(C)cc3)C(c3ccc(OC)c(OC)c3)C2)c1. The normalized spacial score (nSPS) is 15.5. The van der Waals surface area contributed by atoms with Crippen LogP contribution in [0.1, 0.15) is 29.2 Å². The van der Waals surface area contributed by atoms with Crippen molar-refractivity contribution < 1.29 is 27.4 Å². The van der Waals surface area contributed by atoms with Gasteiger partial charge in [-0.25, -0.2) is 0 Å². The van der Waals surface area contributed by atoms with Gasteiger partial charge in [0.2, 0.25) is 0 Å². The number of hydrogen-bond donors (Lipinski definition) is 0. The third-order valence-electron chi connectivity index (χ3n) is 5.91. The second-order valence-corrected chi connectivity index (χ2v) is 9.87.